The first-order valence-electron chi connectivity index (χ1n) is 6.94. The molecule has 0 aliphatic carbocycles. The Morgan fingerprint density at radius 3 is 2.76 bits per heavy atom. The zero-order valence-electron chi connectivity index (χ0n) is 12.7. The average molecular weight is 294 g/mol. The lowest BCUT2D eigenvalue weighted by molar-refractivity contribution is -0.120. The first-order valence-corrected chi connectivity index (χ1v) is 6.94. The van der Waals surface area contributed by atoms with Gasteiger partial charge in [-0.15, -0.1) is 0 Å². The Morgan fingerprint density at radius 2 is 2.14 bits per heavy atom. The molecule has 0 unspecified atom stereocenters. The largest absolute Gasteiger partial charge is 0.429 e. The molecule has 21 heavy (non-hydrogen) atoms. The van der Waals surface area contributed by atoms with Gasteiger partial charge in [0, 0.05) is 19.5 Å². The predicted molar refractivity (Wildman–Crippen MR) is 81.3 cm³/mol. The van der Waals surface area contributed by atoms with Crippen LogP contribution in [0.5, 0.6) is 5.75 Å². The Labute approximate surface area is 125 Å². The number of anilines is 2. The van der Waals surface area contributed by atoms with Gasteiger partial charge in [-0.1, -0.05) is 19.8 Å². The van der Waals surface area contributed by atoms with E-state index in [4.69, 9.17) is 9.57 Å². The van der Waals surface area contributed by atoms with E-state index in [1.165, 1.54) is 12.2 Å². The van der Waals surface area contributed by atoms with Crippen molar-refractivity contribution < 1.29 is 19.2 Å². The van der Waals surface area contributed by atoms with Crippen molar-refractivity contribution in [3.05, 3.63) is 18.2 Å². The lowest BCUT2D eigenvalue weighted by Gasteiger charge is -2.20. The van der Waals surface area contributed by atoms with E-state index in [1.807, 2.05) is 0 Å². The van der Waals surface area contributed by atoms with Gasteiger partial charge in [-0.25, -0.2) is 0 Å². The molecule has 6 heteroatoms. The van der Waals surface area contributed by atoms with Crippen LogP contribution in [0.2, 0.25) is 0 Å². The molecule has 116 valence electrons. The first-order chi connectivity index (χ1) is 10.1. The van der Waals surface area contributed by atoms with Crippen molar-refractivity contribution >= 4 is 23.8 Å². The molecule has 0 aliphatic rings. The molecule has 0 aliphatic heterocycles. The van der Waals surface area contributed by atoms with E-state index in [0.29, 0.717) is 30.0 Å². The summed E-state index contributed by atoms with van der Waals surface area (Å²) < 4.78 is 4.81. The molecule has 1 rings (SSSR count). The van der Waals surface area contributed by atoms with Gasteiger partial charge in [0.15, 0.2) is 0 Å². The monoisotopic (exact) mass is 294 g/mol. The highest BCUT2D eigenvalue weighted by molar-refractivity contribution is 5.94. The number of hydroxylamine groups is 1. The highest BCUT2D eigenvalue weighted by atomic mass is 16.7. The second-order valence-corrected chi connectivity index (χ2v) is 4.58. The van der Waals surface area contributed by atoms with E-state index in [-0.39, 0.29) is 5.91 Å². The van der Waals surface area contributed by atoms with Crippen molar-refractivity contribution in [3.63, 3.8) is 0 Å². The molecule has 1 N–H and O–H groups in total. The highest BCUT2D eigenvalue weighted by Gasteiger charge is 2.12. The van der Waals surface area contributed by atoms with Gasteiger partial charge in [-0.05, 0) is 18.6 Å². The van der Waals surface area contributed by atoms with Crippen LogP contribution in [-0.4, -0.2) is 26.5 Å². The smallest absolute Gasteiger partial charge is 0.298 e. The number of unbranched alkanes of at least 4 members (excludes halogenated alkanes) is 2. The van der Waals surface area contributed by atoms with Crippen LogP contribution in [0, 0.1) is 0 Å². The fraction of sp³-hybridized carbons (Fsp3) is 0.467. The highest BCUT2D eigenvalue weighted by Crippen LogP contribution is 2.30. The molecule has 0 bridgehead atoms. The van der Waals surface area contributed by atoms with Gasteiger partial charge in [-0.3, -0.25) is 19.5 Å². The summed E-state index contributed by atoms with van der Waals surface area (Å²) in [5.74, 6) is 0.339. The van der Waals surface area contributed by atoms with Crippen LogP contribution in [0.4, 0.5) is 11.4 Å². The summed E-state index contributed by atoms with van der Waals surface area (Å²) in [5.41, 5.74) is 1.22. The molecule has 0 radical (unpaired) electrons. The maximum atomic E-state index is 11.9. The van der Waals surface area contributed by atoms with E-state index in [9.17, 15) is 9.59 Å². The van der Waals surface area contributed by atoms with E-state index in [0.717, 1.165) is 19.3 Å². The number of carbonyl (C=O) groups is 2. The Bertz CT molecular complexity index is 477. The fourth-order valence-electron chi connectivity index (χ4n) is 1.85. The standard InChI is InChI=1S/C15H22N2O4/c1-4-5-6-7-15(19)16-13-9-8-12(21-11-18)10-14(13)17(2)20-3/h8-11H,4-7H2,1-3H3,(H,16,19). The van der Waals surface area contributed by atoms with Crippen molar-refractivity contribution in [1.29, 1.82) is 0 Å². The number of carbonyl (C=O) groups excluding carboxylic acids is 2. The molecule has 0 fully saturated rings. The van der Waals surface area contributed by atoms with Crippen LogP contribution in [0.1, 0.15) is 32.6 Å². The number of nitrogens with zero attached hydrogens (tertiary/aromatic N) is 1. The first kappa shape index (κ1) is 17.0. The second kappa shape index (κ2) is 8.97. The fourth-order valence-corrected chi connectivity index (χ4v) is 1.85. The third-order valence-corrected chi connectivity index (χ3v) is 3.05. The lowest BCUT2D eigenvalue weighted by Crippen LogP contribution is -2.19. The van der Waals surface area contributed by atoms with Crippen molar-refractivity contribution in [2.24, 2.45) is 0 Å². The SMILES string of the molecule is CCCCCC(=O)Nc1ccc(OC=O)cc1N(C)OC. The van der Waals surface area contributed by atoms with Gasteiger partial charge < -0.3 is 10.1 Å². The van der Waals surface area contributed by atoms with Crippen LogP contribution in [0.25, 0.3) is 0 Å². The minimum Gasteiger partial charge on any atom is -0.429 e. The summed E-state index contributed by atoms with van der Waals surface area (Å²) in [7, 11) is 3.22. The van der Waals surface area contributed by atoms with E-state index in [2.05, 4.69) is 12.2 Å². The van der Waals surface area contributed by atoms with E-state index < -0.39 is 0 Å². The summed E-state index contributed by atoms with van der Waals surface area (Å²) in [6.07, 6.45) is 3.45. The lowest BCUT2D eigenvalue weighted by atomic mass is 10.2. The molecule has 1 aromatic rings. The number of hydrogen-bond acceptors (Lipinski definition) is 5. The van der Waals surface area contributed by atoms with Gasteiger partial charge >= 0.3 is 0 Å². The van der Waals surface area contributed by atoms with Crippen molar-refractivity contribution in [2.45, 2.75) is 32.6 Å². The van der Waals surface area contributed by atoms with Gasteiger partial charge in [0.2, 0.25) is 5.91 Å². The molecule has 0 aromatic heterocycles. The van der Waals surface area contributed by atoms with Crippen LogP contribution in [-0.2, 0) is 14.4 Å². The molecular formula is C15H22N2O4. The Morgan fingerprint density at radius 1 is 1.38 bits per heavy atom. The molecule has 0 heterocycles. The normalized spacial score (nSPS) is 10.0. The Balaban J connectivity index is 2.84. The van der Waals surface area contributed by atoms with E-state index >= 15 is 0 Å². The van der Waals surface area contributed by atoms with Crippen LogP contribution in [0.15, 0.2) is 18.2 Å². The summed E-state index contributed by atoms with van der Waals surface area (Å²) >= 11 is 0. The molecule has 0 spiro atoms. The predicted octanol–water partition coefficient (Wildman–Crippen LogP) is 2.74. The van der Waals surface area contributed by atoms with Crippen molar-refractivity contribution in [1.82, 2.24) is 0 Å². The average Bonchev–Trinajstić information content (AvgIpc) is 2.48. The van der Waals surface area contributed by atoms with Crippen LogP contribution < -0.4 is 15.1 Å². The molecule has 0 saturated heterocycles. The number of hydrogen-bond donors (Lipinski definition) is 1. The van der Waals surface area contributed by atoms with Crippen molar-refractivity contribution in [2.75, 3.05) is 24.5 Å². The number of benzene rings is 1. The maximum Gasteiger partial charge on any atom is 0.298 e. The minimum absolute atomic E-state index is 0.0433. The Hall–Kier alpha value is -2.08. The molecule has 1 amide bonds. The second-order valence-electron chi connectivity index (χ2n) is 4.58. The molecule has 0 atom stereocenters. The molecule has 1 aromatic carbocycles. The number of nitrogens with one attached hydrogen (secondary N) is 1. The molecular weight excluding hydrogens is 272 g/mol. The van der Waals surface area contributed by atoms with Gasteiger partial charge in [0.25, 0.3) is 6.47 Å². The Kier molecular flexibility index (Phi) is 7.25. The zero-order valence-corrected chi connectivity index (χ0v) is 12.7. The maximum absolute atomic E-state index is 11.9. The van der Waals surface area contributed by atoms with Crippen LogP contribution >= 0.6 is 0 Å². The zero-order chi connectivity index (χ0) is 15.7. The summed E-state index contributed by atoms with van der Waals surface area (Å²) in [4.78, 5) is 27.4. The molecule has 6 nitrogen and oxygen atoms in total. The quantitative estimate of drug-likeness (QED) is 0.431. The minimum atomic E-state index is -0.0433. The third-order valence-electron chi connectivity index (χ3n) is 3.05. The van der Waals surface area contributed by atoms with E-state index in [1.54, 1.807) is 25.2 Å². The summed E-state index contributed by atoms with van der Waals surface area (Å²) in [6.45, 7) is 2.45. The topological polar surface area (TPSA) is 67.9 Å². The summed E-state index contributed by atoms with van der Waals surface area (Å²) in [5, 5.41) is 4.33. The van der Waals surface area contributed by atoms with Gasteiger partial charge in [-0.2, -0.15) is 0 Å². The number of amides is 1. The summed E-state index contributed by atoms with van der Waals surface area (Å²) in [6, 6.07) is 4.92. The number of rotatable bonds is 9. The van der Waals surface area contributed by atoms with Gasteiger partial charge in [0.1, 0.15) is 5.75 Å². The van der Waals surface area contributed by atoms with Crippen LogP contribution in [0.3, 0.4) is 0 Å². The third kappa shape index (κ3) is 5.43. The number of ether oxygens (including phenoxy) is 1. The molecule has 0 saturated carbocycles. The van der Waals surface area contributed by atoms with Crippen molar-refractivity contribution in [3.8, 4) is 5.75 Å². The van der Waals surface area contributed by atoms with Gasteiger partial charge in [0.05, 0.1) is 18.5 Å².